The fraction of sp³-hybridized carbons (Fsp3) is 0.200. The molecular formula is C20H20ClN3O2. The zero-order valence-electron chi connectivity index (χ0n) is 14.7. The summed E-state index contributed by atoms with van der Waals surface area (Å²) in [5.74, 6) is 0.446. The van der Waals surface area contributed by atoms with Crippen LogP contribution in [0.4, 0.5) is 5.69 Å². The molecule has 1 aromatic heterocycles. The second-order valence-corrected chi connectivity index (χ2v) is 6.28. The van der Waals surface area contributed by atoms with Gasteiger partial charge in [0.1, 0.15) is 5.75 Å². The number of halogens is 1. The molecule has 26 heavy (non-hydrogen) atoms. The average Bonchev–Trinajstić information content (AvgIpc) is 2.92. The highest BCUT2D eigenvalue weighted by atomic mass is 35.5. The number of benzene rings is 2. The predicted molar refractivity (Wildman–Crippen MR) is 103 cm³/mol. The van der Waals surface area contributed by atoms with Gasteiger partial charge in [0.25, 0.3) is 0 Å². The van der Waals surface area contributed by atoms with E-state index in [0.717, 1.165) is 22.8 Å². The van der Waals surface area contributed by atoms with Crippen LogP contribution in [-0.4, -0.2) is 22.3 Å². The van der Waals surface area contributed by atoms with E-state index in [0.29, 0.717) is 10.8 Å². The van der Waals surface area contributed by atoms with Crippen LogP contribution >= 0.6 is 11.6 Å². The molecule has 1 heterocycles. The largest absolute Gasteiger partial charge is 0.491 e. The van der Waals surface area contributed by atoms with E-state index in [-0.39, 0.29) is 18.9 Å². The molecular weight excluding hydrogens is 350 g/mol. The van der Waals surface area contributed by atoms with E-state index < -0.39 is 0 Å². The Bertz CT molecular complexity index is 907. The van der Waals surface area contributed by atoms with Gasteiger partial charge < -0.3 is 10.1 Å². The molecule has 5 nitrogen and oxygen atoms in total. The third-order valence-corrected chi connectivity index (χ3v) is 4.29. The minimum Gasteiger partial charge on any atom is -0.491 e. The highest BCUT2D eigenvalue weighted by Crippen LogP contribution is 2.24. The number of carbonyl (C=O) groups excluding carboxylic acids is 1. The first-order valence-electron chi connectivity index (χ1n) is 8.35. The van der Waals surface area contributed by atoms with Crippen LogP contribution in [0.3, 0.4) is 0 Å². The molecule has 0 bridgehead atoms. The molecule has 6 heteroatoms. The number of aromatic nitrogens is 2. The number of hydrogen-bond donors (Lipinski definition) is 1. The van der Waals surface area contributed by atoms with Crippen molar-refractivity contribution < 1.29 is 9.53 Å². The predicted octanol–water partition coefficient (Wildman–Crippen LogP) is 4.55. The first-order valence-corrected chi connectivity index (χ1v) is 8.73. The van der Waals surface area contributed by atoms with E-state index in [1.54, 1.807) is 12.1 Å². The molecule has 0 saturated heterocycles. The van der Waals surface area contributed by atoms with Crippen LogP contribution < -0.4 is 10.1 Å². The summed E-state index contributed by atoms with van der Waals surface area (Å²) in [6.07, 6.45) is 0.223. The van der Waals surface area contributed by atoms with Crippen LogP contribution in [-0.2, 0) is 4.79 Å². The maximum Gasteiger partial charge on any atom is 0.227 e. The highest BCUT2D eigenvalue weighted by molar-refractivity contribution is 6.32. The molecule has 1 amide bonds. The monoisotopic (exact) mass is 369 g/mol. The van der Waals surface area contributed by atoms with Gasteiger partial charge in [-0.05, 0) is 38.1 Å². The quantitative estimate of drug-likeness (QED) is 0.693. The van der Waals surface area contributed by atoms with Gasteiger partial charge in [0.15, 0.2) is 0 Å². The number of para-hydroxylation sites is 2. The molecule has 0 spiro atoms. The van der Waals surface area contributed by atoms with Crippen molar-refractivity contribution >= 4 is 23.2 Å². The molecule has 0 fully saturated rings. The van der Waals surface area contributed by atoms with Crippen LogP contribution in [0, 0.1) is 13.8 Å². The third kappa shape index (κ3) is 4.06. The van der Waals surface area contributed by atoms with Crippen molar-refractivity contribution in [2.75, 3.05) is 11.9 Å². The fourth-order valence-corrected chi connectivity index (χ4v) is 2.85. The lowest BCUT2D eigenvalue weighted by Crippen LogP contribution is -2.16. The summed E-state index contributed by atoms with van der Waals surface area (Å²) in [5.41, 5.74) is 3.34. The summed E-state index contributed by atoms with van der Waals surface area (Å²) >= 11 is 6.04. The van der Waals surface area contributed by atoms with Gasteiger partial charge in [-0.3, -0.25) is 4.79 Å². The Kier molecular flexibility index (Phi) is 5.58. The lowest BCUT2D eigenvalue weighted by molar-refractivity contribution is -0.116. The topological polar surface area (TPSA) is 56.2 Å². The number of aryl methyl sites for hydroxylation is 1. The molecule has 0 atom stereocenters. The Labute approximate surface area is 157 Å². The number of hydrogen-bond acceptors (Lipinski definition) is 3. The third-order valence-electron chi connectivity index (χ3n) is 3.98. The number of carbonyl (C=O) groups is 1. The summed E-state index contributed by atoms with van der Waals surface area (Å²) in [6, 6.07) is 17.0. The number of anilines is 1. The van der Waals surface area contributed by atoms with E-state index in [9.17, 15) is 4.79 Å². The van der Waals surface area contributed by atoms with Gasteiger partial charge in [-0.25, -0.2) is 4.68 Å². The number of amides is 1. The summed E-state index contributed by atoms with van der Waals surface area (Å²) in [5, 5.41) is 7.99. The first kappa shape index (κ1) is 18.0. The smallest absolute Gasteiger partial charge is 0.227 e. The number of rotatable bonds is 6. The number of nitrogens with one attached hydrogen (secondary N) is 1. The second-order valence-electron chi connectivity index (χ2n) is 5.87. The summed E-state index contributed by atoms with van der Waals surface area (Å²) in [7, 11) is 0. The zero-order chi connectivity index (χ0) is 18.5. The van der Waals surface area contributed by atoms with Crippen molar-refractivity contribution in [3.8, 4) is 11.4 Å². The van der Waals surface area contributed by atoms with Crippen molar-refractivity contribution in [3.63, 3.8) is 0 Å². The van der Waals surface area contributed by atoms with Crippen LogP contribution in [0.1, 0.15) is 17.8 Å². The molecule has 0 aliphatic rings. The standard InChI is InChI=1S/C20H20ClN3O2/c1-14-20(15(2)24(23-14)16-8-4-3-5-9-16)22-19(25)12-13-26-18-11-7-6-10-17(18)21/h3-11H,12-13H2,1-2H3,(H,22,25). The van der Waals surface area contributed by atoms with Gasteiger partial charge in [0, 0.05) is 0 Å². The lowest BCUT2D eigenvalue weighted by Gasteiger charge is -2.09. The normalized spacial score (nSPS) is 10.6. The van der Waals surface area contributed by atoms with E-state index >= 15 is 0 Å². The van der Waals surface area contributed by atoms with Gasteiger partial charge in [0.05, 0.1) is 40.8 Å². The Morgan fingerprint density at radius 2 is 1.81 bits per heavy atom. The SMILES string of the molecule is Cc1nn(-c2ccccc2)c(C)c1NC(=O)CCOc1ccccc1Cl. The molecule has 0 unspecified atom stereocenters. The van der Waals surface area contributed by atoms with Gasteiger partial charge in [-0.2, -0.15) is 5.10 Å². The highest BCUT2D eigenvalue weighted by Gasteiger charge is 2.15. The van der Waals surface area contributed by atoms with Gasteiger partial charge in [-0.15, -0.1) is 0 Å². The van der Waals surface area contributed by atoms with Crippen LogP contribution in [0.15, 0.2) is 54.6 Å². The molecule has 1 N–H and O–H groups in total. The average molecular weight is 370 g/mol. The van der Waals surface area contributed by atoms with E-state index in [2.05, 4.69) is 10.4 Å². The minimum absolute atomic E-state index is 0.129. The van der Waals surface area contributed by atoms with Crippen LogP contribution in [0.25, 0.3) is 5.69 Å². The molecule has 0 radical (unpaired) electrons. The van der Waals surface area contributed by atoms with Crippen molar-refractivity contribution in [1.82, 2.24) is 9.78 Å². The second kappa shape index (κ2) is 8.06. The maximum atomic E-state index is 12.3. The van der Waals surface area contributed by atoms with Crippen LogP contribution in [0.5, 0.6) is 5.75 Å². The molecule has 0 aliphatic heterocycles. The van der Waals surface area contributed by atoms with Crippen molar-refractivity contribution in [2.45, 2.75) is 20.3 Å². The van der Waals surface area contributed by atoms with Crippen molar-refractivity contribution in [1.29, 1.82) is 0 Å². The van der Waals surface area contributed by atoms with E-state index in [1.807, 2.05) is 61.0 Å². The van der Waals surface area contributed by atoms with Gasteiger partial charge in [0.2, 0.25) is 5.91 Å². The summed E-state index contributed by atoms with van der Waals surface area (Å²) in [4.78, 5) is 12.3. The zero-order valence-corrected chi connectivity index (χ0v) is 15.5. The molecule has 0 saturated carbocycles. The first-order chi connectivity index (χ1) is 12.6. The Hall–Kier alpha value is -2.79. The molecule has 3 aromatic rings. The van der Waals surface area contributed by atoms with E-state index in [1.165, 1.54) is 0 Å². The lowest BCUT2D eigenvalue weighted by atomic mass is 10.2. The van der Waals surface area contributed by atoms with Gasteiger partial charge >= 0.3 is 0 Å². The Balaban J connectivity index is 1.63. The Morgan fingerprint density at radius 3 is 2.54 bits per heavy atom. The summed E-state index contributed by atoms with van der Waals surface area (Å²) in [6.45, 7) is 4.06. The van der Waals surface area contributed by atoms with Crippen LogP contribution in [0.2, 0.25) is 5.02 Å². The summed E-state index contributed by atoms with van der Waals surface area (Å²) < 4.78 is 7.39. The maximum absolute atomic E-state index is 12.3. The van der Waals surface area contributed by atoms with Crippen molar-refractivity contribution in [3.05, 3.63) is 71.0 Å². The molecule has 2 aromatic carbocycles. The molecule has 134 valence electrons. The molecule has 3 rings (SSSR count). The van der Waals surface area contributed by atoms with E-state index in [4.69, 9.17) is 16.3 Å². The van der Waals surface area contributed by atoms with Gasteiger partial charge in [-0.1, -0.05) is 41.9 Å². The number of ether oxygens (including phenoxy) is 1. The Morgan fingerprint density at radius 1 is 1.12 bits per heavy atom. The minimum atomic E-state index is -0.129. The number of nitrogens with zero attached hydrogens (tertiary/aromatic N) is 2. The van der Waals surface area contributed by atoms with Crippen molar-refractivity contribution in [2.24, 2.45) is 0 Å². The fourth-order valence-electron chi connectivity index (χ4n) is 2.66. The molecule has 0 aliphatic carbocycles.